The summed E-state index contributed by atoms with van der Waals surface area (Å²) in [6.45, 7) is 0. The standard InChI is InChI=1S/C22H17F3N4O3/c1-31-17-10-9-16(18-19(17)32-28-20(18)26)12-5-7-14(8-6-12)29(21(27)30)15-4-2-3-13(11-15)22(23,24)25/h2-11H,1H3,(H2,26,28)(H2,27,30). The summed E-state index contributed by atoms with van der Waals surface area (Å²) in [7, 11) is 1.49. The summed E-state index contributed by atoms with van der Waals surface area (Å²) in [5, 5.41) is 4.35. The molecule has 0 atom stereocenters. The van der Waals surface area contributed by atoms with Crippen LogP contribution in [0.3, 0.4) is 0 Å². The number of anilines is 3. The minimum absolute atomic E-state index is 0.00445. The molecule has 0 spiro atoms. The number of hydrogen-bond donors (Lipinski definition) is 2. The van der Waals surface area contributed by atoms with Crippen molar-refractivity contribution in [3.05, 3.63) is 66.2 Å². The van der Waals surface area contributed by atoms with Crippen LogP contribution >= 0.6 is 0 Å². The Labute approximate surface area is 179 Å². The lowest BCUT2D eigenvalue weighted by molar-refractivity contribution is -0.137. The van der Waals surface area contributed by atoms with Gasteiger partial charge in [-0.05, 0) is 53.6 Å². The number of urea groups is 1. The number of methoxy groups -OCH3 is 1. The van der Waals surface area contributed by atoms with Gasteiger partial charge in [0.05, 0.1) is 29.4 Å². The Hall–Kier alpha value is -4.21. The molecule has 4 aromatic rings. The molecule has 0 aliphatic heterocycles. The smallest absolute Gasteiger partial charge is 0.416 e. The summed E-state index contributed by atoms with van der Waals surface area (Å²) in [5.74, 6) is 0.648. The quantitative estimate of drug-likeness (QED) is 0.445. The zero-order valence-corrected chi connectivity index (χ0v) is 16.7. The summed E-state index contributed by atoms with van der Waals surface area (Å²) in [6, 6.07) is 13.4. The number of aromatic nitrogens is 1. The SMILES string of the molecule is COc1ccc(-c2ccc(N(C(N)=O)c3cccc(C(F)(F)F)c3)cc2)c2c(N)noc12. The Bertz CT molecular complexity index is 1300. The Balaban J connectivity index is 1.76. The fourth-order valence-corrected chi connectivity index (χ4v) is 3.47. The molecule has 10 heteroatoms. The predicted molar refractivity (Wildman–Crippen MR) is 114 cm³/mol. The van der Waals surface area contributed by atoms with Gasteiger partial charge in [-0.3, -0.25) is 4.90 Å². The van der Waals surface area contributed by atoms with E-state index in [1.807, 2.05) is 0 Å². The highest BCUT2D eigenvalue weighted by Gasteiger charge is 2.31. The molecular formula is C22H17F3N4O3. The zero-order chi connectivity index (χ0) is 23.0. The second kappa shape index (κ2) is 7.80. The predicted octanol–water partition coefficient (Wildman–Crippen LogP) is 5.32. The number of ether oxygens (including phenoxy) is 1. The van der Waals surface area contributed by atoms with Gasteiger partial charge in [-0.25, -0.2) is 4.79 Å². The van der Waals surface area contributed by atoms with Gasteiger partial charge in [0.2, 0.25) is 5.58 Å². The molecule has 32 heavy (non-hydrogen) atoms. The van der Waals surface area contributed by atoms with E-state index in [4.69, 9.17) is 20.7 Å². The highest BCUT2D eigenvalue weighted by molar-refractivity contribution is 6.04. The van der Waals surface area contributed by atoms with Crippen LogP contribution < -0.4 is 21.1 Å². The molecule has 2 amide bonds. The van der Waals surface area contributed by atoms with Gasteiger partial charge in [0.1, 0.15) is 0 Å². The molecule has 7 nitrogen and oxygen atoms in total. The van der Waals surface area contributed by atoms with Crippen LogP contribution in [-0.4, -0.2) is 18.3 Å². The highest BCUT2D eigenvalue weighted by atomic mass is 19.4. The van der Waals surface area contributed by atoms with Crippen LogP contribution in [0, 0.1) is 0 Å². The van der Waals surface area contributed by atoms with Crippen molar-refractivity contribution in [3.8, 4) is 16.9 Å². The van der Waals surface area contributed by atoms with Gasteiger partial charge in [0.15, 0.2) is 11.6 Å². The first-order valence-corrected chi connectivity index (χ1v) is 9.30. The number of fused-ring (bicyclic) bond motifs is 1. The average molecular weight is 442 g/mol. The number of benzene rings is 3. The van der Waals surface area contributed by atoms with E-state index in [2.05, 4.69) is 5.16 Å². The largest absolute Gasteiger partial charge is 0.493 e. The van der Waals surface area contributed by atoms with Crippen LogP contribution in [0.2, 0.25) is 0 Å². The van der Waals surface area contributed by atoms with Crippen LogP contribution in [0.25, 0.3) is 22.1 Å². The lowest BCUT2D eigenvalue weighted by atomic mass is 10.0. The molecule has 0 aliphatic carbocycles. The van der Waals surface area contributed by atoms with Crippen molar-refractivity contribution in [1.29, 1.82) is 0 Å². The first-order valence-electron chi connectivity index (χ1n) is 9.30. The number of rotatable bonds is 4. The summed E-state index contributed by atoms with van der Waals surface area (Å²) in [6.07, 6.45) is -4.55. The van der Waals surface area contributed by atoms with Gasteiger partial charge in [-0.15, -0.1) is 0 Å². The lowest BCUT2D eigenvalue weighted by Gasteiger charge is -2.22. The lowest BCUT2D eigenvalue weighted by Crippen LogP contribution is -2.31. The van der Waals surface area contributed by atoms with Crippen molar-refractivity contribution < 1.29 is 27.2 Å². The van der Waals surface area contributed by atoms with E-state index in [9.17, 15) is 18.0 Å². The number of amides is 2. The van der Waals surface area contributed by atoms with Gasteiger partial charge in [0, 0.05) is 0 Å². The second-order valence-electron chi connectivity index (χ2n) is 6.86. The number of carbonyl (C=O) groups excluding carboxylic acids is 1. The molecule has 1 aromatic heterocycles. The molecule has 3 aromatic carbocycles. The number of alkyl halides is 3. The molecule has 4 N–H and O–H groups in total. The Kier molecular flexibility index (Phi) is 5.13. The number of carbonyl (C=O) groups is 1. The van der Waals surface area contributed by atoms with E-state index in [-0.39, 0.29) is 11.5 Å². The second-order valence-corrected chi connectivity index (χ2v) is 6.86. The van der Waals surface area contributed by atoms with E-state index in [1.54, 1.807) is 36.4 Å². The average Bonchev–Trinajstić information content (AvgIpc) is 3.15. The van der Waals surface area contributed by atoms with Crippen LogP contribution in [0.1, 0.15) is 5.56 Å². The summed E-state index contributed by atoms with van der Waals surface area (Å²) < 4.78 is 49.8. The molecule has 0 saturated heterocycles. The number of nitrogens with zero attached hydrogens (tertiary/aromatic N) is 2. The third kappa shape index (κ3) is 3.66. The molecule has 0 aliphatic rings. The Morgan fingerprint density at radius 3 is 2.41 bits per heavy atom. The van der Waals surface area contributed by atoms with Crippen molar-refractivity contribution in [1.82, 2.24) is 5.16 Å². The topological polar surface area (TPSA) is 108 Å². The Morgan fingerprint density at radius 2 is 1.78 bits per heavy atom. The minimum Gasteiger partial charge on any atom is -0.493 e. The number of nitrogen functional groups attached to an aromatic ring is 1. The van der Waals surface area contributed by atoms with Crippen LogP contribution in [-0.2, 0) is 6.18 Å². The molecule has 0 fully saturated rings. The van der Waals surface area contributed by atoms with Gasteiger partial charge in [0.25, 0.3) is 0 Å². The fourth-order valence-electron chi connectivity index (χ4n) is 3.47. The summed E-state index contributed by atoms with van der Waals surface area (Å²) in [5.41, 5.74) is 12.6. The number of nitrogens with two attached hydrogens (primary N) is 2. The maximum Gasteiger partial charge on any atom is 0.416 e. The van der Waals surface area contributed by atoms with Gasteiger partial charge in [-0.2, -0.15) is 13.2 Å². The number of primary amides is 1. The van der Waals surface area contributed by atoms with Gasteiger partial charge in [-0.1, -0.05) is 23.4 Å². The van der Waals surface area contributed by atoms with Crippen molar-refractivity contribution in [3.63, 3.8) is 0 Å². The highest BCUT2D eigenvalue weighted by Crippen LogP contribution is 2.39. The van der Waals surface area contributed by atoms with E-state index in [1.165, 1.54) is 19.2 Å². The van der Waals surface area contributed by atoms with Gasteiger partial charge >= 0.3 is 12.2 Å². The van der Waals surface area contributed by atoms with Crippen LogP contribution in [0.15, 0.2) is 65.2 Å². The van der Waals surface area contributed by atoms with E-state index in [0.717, 1.165) is 17.0 Å². The zero-order valence-electron chi connectivity index (χ0n) is 16.7. The maximum absolute atomic E-state index is 13.1. The minimum atomic E-state index is -4.55. The van der Waals surface area contributed by atoms with Crippen LogP contribution in [0.5, 0.6) is 5.75 Å². The van der Waals surface area contributed by atoms with E-state index in [0.29, 0.717) is 33.5 Å². The first kappa shape index (κ1) is 21.0. The summed E-state index contributed by atoms with van der Waals surface area (Å²) >= 11 is 0. The third-order valence-corrected chi connectivity index (χ3v) is 4.92. The van der Waals surface area contributed by atoms with Crippen LogP contribution in [0.4, 0.5) is 35.2 Å². The fraction of sp³-hybridized carbons (Fsp3) is 0.0909. The van der Waals surface area contributed by atoms with Crippen molar-refractivity contribution in [2.75, 3.05) is 17.7 Å². The van der Waals surface area contributed by atoms with Crippen molar-refractivity contribution in [2.45, 2.75) is 6.18 Å². The number of halogens is 3. The normalized spacial score (nSPS) is 11.5. The van der Waals surface area contributed by atoms with Crippen molar-refractivity contribution >= 4 is 34.2 Å². The molecule has 0 unspecified atom stereocenters. The molecule has 1 heterocycles. The third-order valence-electron chi connectivity index (χ3n) is 4.92. The molecule has 0 bridgehead atoms. The number of hydrogen-bond acceptors (Lipinski definition) is 5. The molecule has 0 saturated carbocycles. The molecule has 0 radical (unpaired) electrons. The Morgan fingerprint density at radius 1 is 1.06 bits per heavy atom. The summed E-state index contributed by atoms with van der Waals surface area (Å²) in [4.78, 5) is 13.1. The monoisotopic (exact) mass is 442 g/mol. The molecule has 4 rings (SSSR count). The first-order chi connectivity index (χ1) is 15.2. The van der Waals surface area contributed by atoms with Crippen molar-refractivity contribution in [2.24, 2.45) is 5.73 Å². The maximum atomic E-state index is 13.1. The molecular weight excluding hydrogens is 425 g/mol. The van der Waals surface area contributed by atoms with Gasteiger partial charge < -0.3 is 20.7 Å². The molecule has 164 valence electrons. The van der Waals surface area contributed by atoms with E-state index < -0.39 is 17.8 Å². The van der Waals surface area contributed by atoms with E-state index >= 15 is 0 Å².